The third-order valence-electron chi connectivity index (χ3n) is 5.47. The fourth-order valence-electron chi connectivity index (χ4n) is 3.82. The van der Waals surface area contributed by atoms with Gasteiger partial charge in [-0.1, -0.05) is 18.2 Å². The third kappa shape index (κ3) is 4.52. The Morgan fingerprint density at radius 1 is 1.17 bits per heavy atom. The molecule has 1 aliphatic heterocycles. The lowest BCUT2D eigenvalue weighted by Crippen LogP contribution is -2.49. The van der Waals surface area contributed by atoms with Crippen molar-refractivity contribution in [3.8, 4) is 11.3 Å². The zero-order chi connectivity index (χ0) is 21.1. The monoisotopic (exact) mass is 407 g/mol. The minimum atomic E-state index is 0.0665. The van der Waals surface area contributed by atoms with Gasteiger partial charge in [-0.25, -0.2) is 4.98 Å². The summed E-state index contributed by atoms with van der Waals surface area (Å²) >= 11 is 0. The maximum absolute atomic E-state index is 13.4. The molecule has 1 aliphatic rings. The molecule has 0 unspecified atom stereocenters. The Hall–Kier alpha value is -2.77. The van der Waals surface area contributed by atoms with Gasteiger partial charge in [0.2, 0.25) is 0 Å². The van der Waals surface area contributed by atoms with Crippen LogP contribution in [0.1, 0.15) is 24.2 Å². The van der Waals surface area contributed by atoms with Gasteiger partial charge in [0.15, 0.2) is 0 Å². The molecule has 1 aromatic carbocycles. The number of pyridine rings is 1. The van der Waals surface area contributed by atoms with Crippen LogP contribution in [0.5, 0.6) is 0 Å². The van der Waals surface area contributed by atoms with E-state index >= 15 is 0 Å². The van der Waals surface area contributed by atoms with Crippen LogP contribution in [0, 0.1) is 0 Å². The van der Waals surface area contributed by atoms with E-state index in [0.717, 1.165) is 61.5 Å². The molecule has 1 amide bonds. The molecule has 3 aromatic rings. The van der Waals surface area contributed by atoms with Crippen molar-refractivity contribution in [2.45, 2.75) is 20.0 Å². The second kappa shape index (κ2) is 8.93. The van der Waals surface area contributed by atoms with E-state index in [4.69, 9.17) is 9.72 Å². The topological polar surface area (TPSA) is 63.5 Å². The van der Waals surface area contributed by atoms with Crippen LogP contribution < -0.4 is 0 Å². The van der Waals surface area contributed by atoms with Crippen molar-refractivity contribution < 1.29 is 9.53 Å². The molecule has 0 aliphatic carbocycles. The molecule has 1 saturated heterocycles. The maximum atomic E-state index is 13.4. The fourth-order valence-corrected chi connectivity index (χ4v) is 3.82. The number of carbonyl (C=O) groups excluding carboxylic acids is 1. The third-order valence-corrected chi connectivity index (χ3v) is 5.47. The predicted octanol–water partition coefficient (Wildman–Crippen LogP) is 2.82. The number of rotatable bonds is 6. The van der Waals surface area contributed by atoms with Gasteiger partial charge in [0, 0.05) is 56.9 Å². The summed E-state index contributed by atoms with van der Waals surface area (Å²) in [6.07, 6.45) is 3.95. The Morgan fingerprint density at radius 2 is 1.93 bits per heavy atom. The quantitative estimate of drug-likeness (QED) is 0.629. The van der Waals surface area contributed by atoms with E-state index < -0.39 is 0 Å². The summed E-state index contributed by atoms with van der Waals surface area (Å²) in [5.41, 5.74) is 3.21. The molecule has 0 saturated carbocycles. The summed E-state index contributed by atoms with van der Waals surface area (Å²) in [6, 6.07) is 9.75. The number of aromatic nitrogens is 3. The number of amides is 1. The van der Waals surface area contributed by atoms with Crippen molar-refractivity contribution in [1.29, 1.82) is 0 Å². The average molecular weight is 408 g/mol. The molecule has 1 fully saturated rings. The van der Waals surface area contributed by atoms with Crippen molar-refractivity contribution >= 4 is 16.8 Å². The van der Waals surface area contributed by atoms with Crippen LogP contribution in [-0.2, 0) is 11.8 Å². The smallest absolute Gasteiger partial charge is 0.254 e. The highest BCUT2D eigenvalue weighted by molar-refractivity contribution is 6.07. The van der Waals surface area contributed by atoms with E-state index in [1.165, 1.54) is 0 Å². The van der Waals surface area contributed by atoms with Crippen LogP contribution in [0.4, 0.5) is 0 Å². The molecule has 0 spiro atoms. The summed E-state index contributed by atoms with van der Waals surface area (Å²) in [5, 5.41) is 5.14. The zero-order valence-corrected chi connectivity index (χ0v) is 17.9. The minimum absolute atomic E-state index is 0.0665. The predicted molar refractivity (Wildman–Crippen MR) is 117 cm³/mol. The lowest BCUT2D eigenvalue weighted by Gasteiger charge is -2.35. The van der Waals surface area contributed by atoms with Gasteiger partial charge in [-0.3, -0.25) is 14.4 Å². The minimum Gasteiger partial charge on any atom is -0.377 e. The summed E-state index contributed by atoms with van der Waals surface area (Å²) in [5.74, 6) is 0.0665. The number of hydrogen-bond acceptors (Lipinski definition) is 5. The van der Waals surface area contributed by atoms with E-state index in [1.807, 2.05) is 48.5 Å². The largest absolute Gasteiger partial charge is 0.377 e. The van der Waals surface area contributed by atoms with Crippen LogP contribution in [0.3, 0.4) is 0 Å². The van der Waals surface area contributed by atoms with E-state index in [1.54, 1.807) is 10.9 Å². The first-order valence-electron chi connectivity index (χ1n) is 10.5. The van der Waals surface area contributed by atoms with E-state index in [2.05, 4.69) is 23.8 Å². The van der Waals surface area contributed by atoms with Crippen LogP contribution >= 0.6 is 0 Å². The molecule has 0 radical (unpaired) electrons. The van der Waals surface area contributed by atoms with Crippen molar-refractivity contribution in [2.75, 3.05) is 39.3 Å². The lowest BCUT2D eigenvalue weighted by atomic mass is 10.0. The molecule has 3 heterocycles. The van der Waals surface area contributed by atoms with Gasteiger partial charge in [0.1, 0.15) is 0 Å². The van der Waals surface area contributed by atoms with Crippen LogP contribution in [0.2, 0.25) is 0 Å². The number of ether oxygens (including phenoxy) is 1. The van der Waals surface area contributed by atoms with Crippen molar-refractivity contribution in [1.82, 2.24) is 24.6 Å². The highest BCUT2D eigenvalue weighted by Crippen LogP contribution is 2.26. The number of benzene rings is 1. The first kappa shape index (κ1) is 20.5. The standard InChI is InChI=1S/C23H29N5O2/c1-17(2)30-13-12-27-8-10-28(11-9-27)23(29)20-14-22(18-15-24-26(3)16-18)25-21-7-5-4-6-19(20)21/h4-7,14-17H,8-13H2,1-3H3. The van der Waals surface area contributed by atoms with Crippen molar-refractivity contribution in [2.24, 2.45) is 7.05 Å². The SMILES string of the molecule is CC(C)OCCN1CCN(C(=O)c2cc(-c3cnn(C)c3)nc3ccccc23)CC1. The van der Waals surface area contributed by atoms with Gasteiger partial charge in [-0.2, -0.15) is 5.10 Å². The number of aryl methyl sites for hydroxylation is 1. The Kier molecular flexibility index (Phi) is 6.11. The molecule has 7 nitrogen and oxygen atoms in total. The molecular weight excluding hydrogens is 378 g/mol. The van der Waals surface area contributed by atoms with E-state index in [0.29, 0.717) is 5.56 Å². The van der Waals surface area contributed by atoms with Crippen molar-refractivity contribution in [3.05, 3.63) is 48.3 Å². The van der Waals surface area contributed by atoms with E-state index in [9.17, 15) is 4.79 Å². The Morgan fingerprint density at radius 3 is 2.63 bits per heavy atom. The number of piperazine rings is 1. The summed E-state index contributed by atoms with van der Waals surface area (Å²) in [7, 11) is 1.88. The maximum Gasteiger partial charge on any atom is 0.254 e. The number of para-hydroxylation sites is 1. The molecule has 30 heavy (non-hydrogen) atoms. The summed E-state index contributed by atoms with van der Waals surface area (Å²) in [6.45, 7) is 8.92. The number of nitrogens with zero attached hydrogens (tertiary/aromatic N) is 5. The Labute approximate surface area is 177 Å². The Balaban J connectivity index is 1.53. The van der Waals surface area contributed by atoms with Gasteiger partial charge in [-0.05, 0) is 26.0 Å². The van der Waals surface area contributed by atoms with Gasteiger partial charge >= 0.3 is 0 Å². The second-order valence-corrected chi connectivity index (χ2v) is 8.03. The van der Waals surface area contributed by atoms with Gasteiger partial charge in [-0.15, -0.1) is 0 Å². The molecule has 158 valence electrons. The summed E-state index contributed by atoms with van der Waals surface area (Å²) < 4.78 is 7.40. The second-order valence-electron chi connectivity index (χ2n) is 8.03. The normalized spacial score (nSPS) is 15.3. The van der Waals surface area contributed by atoms with Crippen LogP contribution in [-0.4, -0.2) is 75.9 Å². The average Bonchev–Trinajstić information content (AvgIpc) is 3.19. The van der Waals surface area contributed by atoms with Gasteiger partial charge < -0.3 is 9.64 Å². The number of fused-ring (bicyclic) bond motifs is 1. The molecule has 0 bridgehead atoms. The highest BCUT2D eigenvalue weighted by atomic mass is 16.5. The first-order chi connectivity index (χ1) is 14.5. The highest BCUT2D eigenvalue weighted by Gasteiger charge is 2.24. The first-order valence-corrected chi connectivity index (χ1v) is 10.5. The zero-order valence-electron chi connectivity index (χ0n) is 17.9. The van der Waals surface area contributed by atoms with E-state index in [-0.39, 0.29) is 12.0 Å². The molecule has 0 atom stereocenters. The van der Waals surface area contributed by atoms with Crippen molar-refractivity contribution in [3.63, 3.8) is 0 Å². The molecule has 4 rings (SSSR count). The number of carbonyl (C=O) groups is 1. The fraction of sp³-hybridized carbons (Fsp3) is 0.435. The van der Waals surface area contributed by atoms with Crippen LogP contribution in [0.15, 0.2) is 42.7 Å². The molecule has 0 N–H and O–H groups in total. The van der Waals surface area contributed by atoms with Gasteiger partial charge in [0.25, 0.3) is 5.91 Å². The Bertz CT molecular complexity index is 1020. The van der Waals surface area contributed by atoms with Crippen LogP contribution in [0.25, 0.3) is 22.2 Å². The van der Waals surface area contributed by atoms with Gasteiger partial charge in [0.05, 0.1) is 35.7 Å². The lowest BCUT2D eigenvalue weighted by molar-refractivity contribution is 0.0407. The molecule has 2 aromatic heterocycles. The molecular formula is C23H29N5O2. The summed E-state index contributed by atoms with van der Waals surface area (Å²) in [4.78, 5) is 22.5. The molecule has 7 heteroatoms. The number of hydrogen-bond donors (Lipinski definition) is 0.